The fraction of sp³-hybridized carbons (Fsp3) is 1.00. The van der Waals surface area contributed by atoms with Crippen molar-refractivity contribution >= 4 is 0 Å². The van der Waals surface area contributed by atoms with Gasteiger partial charge in [0.1, 0.15) is 24.4 Å². The average Bonchev–Trinajstić information content (AvgIpc) is 2.37. The first-order valence-electron chi connectivity index (χ1n) is 6.21. The Bertz CT molecular complexity index is 252. The molecule has 0 amide bonds. The van der Waals surface area contributed by atoms with Gasteiger partial charge in [-0.1, -0.05) is 6.42 Å². The Labute approximate surface area is 106 Å². The number of hydrogen-bond donors (Lipinski definition) is 6. The van der Waals surface area contributed by atoms with E-state index < -0.39 is 36.8 Å². The molecule has 1 heterocycles. The fourth-order valence-corrected chi connectivity index (χ4v) is 2.13. The van der Waals surface area contributed by atoms with E-state index in [0.29, 0.717) is 13.0 Å². The minimum absolute atomic E-state index is 0.106. The van der Waals surface area contributed by atoms with Gasteiger partial charge < -0.3 is 36.0 Å². The second-order valence-electron chi connectivity index (χ2n) is 4.71. The van der Waals surface area contributed by atoms with Crippen molar-refractivity contribution in [2.45, 2.75) is 55.9 Å². The van der Waals surface area contributed by atoms with Crippen LogP contribution in [0.25, 0.3) is 0 Å². The van der Waals surface area contributed by atoms with Crippen molar-refractivity contribution < 1.29 is 30.3 Å². The number of unbranched alkanes of at least 4 members (excludes halogenated alkanes) is 2. The van der Waals surface area contributed by atoms with Gasteiger partial charge in [0.2, 0.25) is 0 Å². The van der Waals surface area contributed by atoms with Crippen molar-refractivity contribution in [2.24, 2.45) is 5.73 Å². The van der Waals surface area contributed by atoms with Crippen molar-refractivity contribution in [1.29, 1.82) is 0 Å². The van der Waals surface area contributed by atoms with Crippen LogP contribution in [0.2, 0.25) is 0 Å². The molecule has 7 nitrogen and oxygen atoms in total. The lowest BCUT2D eigenvalue weighted by Gasteiger charge is -2.45. The summed E-state index contributed by atoms with van der Waals surface area (Å²) in [4.78, 5) is 0. The summed E-state index contributed by atoms with van der Waals surface area (Å²) in [6.45, 7) is -0.00149. The molecule has 0 radical (unpaired) electrons. The van der Waals surface area contributed by atoms with Crippen LogP contribution in [0.5, 0.6) is 0 Å². The van der Waals surface area contributed by atoms with Gasteiger partial charge >= 0.3 is 0 Å². The lowest BCUT2D eigenvalue weighted by molar-refractivity contribution is -0.351. The Morgan fingerprint density at radius 1 is 1.06 bits per heavy atom. The average molecular weight is 265 g/mol. The van der Waals surface area contributed by atoms with Gasteiger partial charge in [-0.3, -0.25) is 0 Å². The Kier molecular flexibility index (Phi) is 5.93. The number of rotatable bonds is 6. The molecule has 0 aromatic rings. The summed E-state index contributed by atoms with van der Waals surface area (Å²) in [6.07, 6.45) is -3.46. The van der Waals surface area contributed by atoms with Crippen LogP contribution in [0.1, 0.15) is 25.7 Å². The van der Waals surface area contributed by atoms with E-state index in [-0.39, 0.29) is 6.42 Å². The highest BCUT2D eigenvalue weighted by Crippen LogP contribution is 2.32. The SMILES string of the molecule is NCCCCC[C@]1(O)O[C@H](CO)[C@@H](O)[C@H](O)[C@@H]1O. The summed E-state index contributed by atoms with van der Waals surface area (Å²) in [5.74, 6) is -1.94. The third-order valence-corrected chi connectivity index (χ3v) is 3.29. The van der Waals surface area contributed by atoms with Gasteiger partial charge in [-0.15, -0.1) is 0 Å². The van der Waals surface area contributed by atoms with E-state index in [1.165, 1.54) is 0 Å². The molecule has 18 heavy (non-hydrogen) atoms. The van der Waals surface area contributed by atoms with E-state index in [0.717, 1.165) is 12.8 Å². The van der Waals surface area contributed by atoms with Gasteiger partial charge in [0, 0.05) is 6.42 Å². The van der Waals surface area contributed by atoms with Crippen LogP contribution in [-0.2, 0) is 4.74 Å². The molecule has 0 aromatic carbocycles. The number of aliphatic hydroxyl groups excluding tert-OH is 4. The summed E-state index contributed by atoms with van der Waals surface area (Å²) in [7, 11) is 0. The summed E-state index contributed by atoms with van der Waals surface area (Å²) < 4.78 is 5.11. The molecule has 7 heteroatoms. The van der Waals surface area contributed by atoms with E-state index in [4.69, 9.17) is 15.6 Å². The summed E-state index contributed by atoms with van der Waals surface area (Å²) in [5, 5.41) is 48.0. The van der Waals surface area contributed by atoms with Gasteiger partial charge in [0.15, 0.2) is 5.79 Å². The van der Waals surface area contributed by atoms with Gasteiger partial charge in [0.05, 0.1) is 6.61 Å². The molecular weight excluding hydrogens is 242 g/mol. The predicted molar refractivity (Wildman–Crippen MR) is 62.5 cm³/mol. The molecule has 1 aliphatic rings. The molecule has 1 saturated heterocycles. The van der Waals surface area contributed by atoms with E-state index in [9.17, 15) is 20.4 Å². The first-order valence-corrected chi connectivity index (χ1v) is 6.21. The van der Waals surface area contributed by atoms with Gasteiger partial charge in [-0.25, -0.2) is 0 Å². The van der Waals surface area contributed by atoms with Crippen molar-refractivity contribution in [3.63, 3.8) is 0 Å². The summed E-state index contributed by atoms with van der Waals surface area (Å²) >= 11 is 0. The number of aliphatic hydroxyl groups is 5. The van der Waals surface area contributed by atoms with Crippen LogP contribution in [-0.4, -0.2) is 68.9 Å². The Hall–Kier alpha value is -0.280. The number of hydrogen-bond acceptors (Lipinski definition) is 7. The molecule has 0 saturated carbocycles. The molecule has 7 N–H and O–H groups in total. The topological polar surface area (TPSA) is 136 Å². The van der Waals surface area contributed by atoms with Crippen LogP contribution in [0.15, 0.2) is 0 Å². The quantitative estimate of drug-likeness (QED) is 0.296. The van der Waals surface area contributed by atoms with Gasteiger partial charge in [-0.05, 0) is 19.4 Å². The van der Waals surface area contributed by atoms with Gasteiger partial charge in [-0.2, -0.15) is 0 Å². The van der Waals surface area contributed by atoms with E-state index in [1.807, 2.05) is 0 Å². The van der Waals surface area contributed by atoms with Crippen LogP contribution in [0.4, 0.5) is 0 Å². The third-order valence-electron chi connectivity index (χ3n) is 3.29. The summed E-state index contributed by atoms with van der Waals surface area (Å²) in [6, 6.07) is 0. The monoisotopic (exact) mass is 265 g/mol. The maximum absolute atomic E-state index is 10.1. The first kappa shape index (κ1) is 15.8. The lowest BCUT2D eigenvalue weighted by Crippen LogP contribution is -2.65. The smallest absolute Gasteiger partial charge is 0.195 e. The summed E-state index contributed by atoms with van der Waals surface area (Å²) in [5.41, 5.74) is 5.34. The van der Waals surface area contributed by atoms with Crippen molar-refractivity contribution in [2.75, 3.05) is 13.2 Å². The maximum atomic E-state index is 10.1. The second-order valence-corrected chi connectivity index (χ2v) is 4.71. The molecular formula is C11H23NO6. The fourth-order valence-electron chi connectivity index (χ4n) is 2.13. The van der Waals surface area contributed by atoms with Crippen LogP contribution >= 0.6 is 0 Å². The Morgan fingerprint density at radius 2 is 1.72 bits per heavy atom. The van der Waals surface area contributed by atoms with E-state index in [2.05, 4.69) is 0 Å². The van der Waals surface area contributed by atoms with Crippen LogP contribution in [0, 0.1) is 0 Å². The zero-order valence-corrected chi connectivity index (χ0v) is 10.3. The standard InChI is InChI=1S/C11H23NO6/c12-5-3-1-2-4-11(17)10(16)9(15)8(14)7(6-13)18-11/h7-10,13-17H,1-6,12H2/t7-,8-,9+,10+,11+/m1/s1. The molecule has 0 aliphatic carbocycles. The Morgan fingerprint density at radius 3 is 2.28 bits per heavy atom. The highest BCUT2D eigenvalue weighted by molar-refractivity contribution is 4.95. The molecule has 1 fully saturated rings. The highest BCUT2D eigenvalue weighted by Gasteiger charge is 2.51. The molecule has 0 unspecified atom stereocenters. The van der Waals surface area contributed by atoms with Crippen LogP contribution < -0.4 is 5.73 Å². The van der Waals surface area contributed by atoms with E-state index >= 15 is 0 Å². The molecule has 1 rings (SSSR count). The van der Waals surface area contributed by atoms with Crippen molar-refractivity contribution in [3.8, 4) is 0 Å². The second kappa shape index (κ2) is 6.76. The molecule has 0 aromatic heterocycles. The molecule has 0 spiro atoms. The minimum Gasteiger partial charge on any atom is -0.394 e. The minimum atomic E-state index is -1.94. The van der Waals surface area contributed by atoms with Crippen LogP contribution in [0.3, 0.4) is 0 Å². The number of nitrogens with two attached hydrogens (primary N) is 1. The van der Waals surface area contributed by atoms with Gasteiger partial charge in [0.25, 0.3) is 0 Å². The molecule has 108 valence electrons. The predicted octanol–water partition coefficient (Wildman–Crippen LogP) is -2.33. The zero-order valence-electron chi connectivity index (χ0n) is 10.3. The zero-order chi connectivity index (χ0) is 13.8. The van der Waals surface area contributed by atoms with Crippen molar-refractivity contribution in [3.05, 3.63) is 0 Å². The number of ether oxygens (including phenoxy) is 1. The van der Waals surface area contributed by atoms with E-state index in [1.54, 1.807) is 0 Å². The molecule has 5 atom stereocenters. The first-order chi connectivity index (χ1) is 8.46. The molecule has 0 bridgehead atoms. The highest BCUT2D eigenvalue weighted by atomic mass is 16.7. The third kappa shape index (κ3) is 3.39. The Balaban J connectivity index is 2.60. The largest absolute Gasteiger partial charge is 0.394 e. The van der Waals surface area contributed by atoms with Crippen molar-refractivity contribution in [1.82, 2.24) is 0 Å². The molecule has 1 aliphatic heterocycles. The normalized spacial score (nSPS) is 41.0. The lowest BCUT2D eigenvalue weighted by atomic mass is 9.89. The maximum Gasteiger partial charge on any atom is 0.195 e.